The van der Waals surface area contributed by atoms with Crippen molar-refractivity contribution in [2.75, 3.05) is 26.6 Å². The van der Waals surface area contributed by atoms with E-state index in [4.69, 9.17) is 25.1 Å². The van der Waals surface area contributed by atoms with Gasteiger partial charge in [0.25, 0.3) is 11.6 Å². The van der Waals surface area contributed by atoms with Crippen LogP contribution in [0.1, 0.15) is 24.8 Å². The van der Waals surface area contributed by atoms with Crippen LogP contribution in [0.4, 0.5) is 0 Å². The van der Waals surface area contributed by atoms with E-state index >= 15 is 0 Å². The van der Waals surface area contributed by atoms with Crippen LogP contribution in [0.5, 0.6) is 11.5 Å². The number of β-lactam (4-membered cyclic amide) rings is 1. The van der Waals surface area contributed by atoms with Crippen LogP contribution in [-0.2, 0) is 38.2 Å². The second kappa shape index (κ2) is 12.9. The number of carbonyl (C=O) groups is 5. The molecule has 15 nitrogen and oxygen atoms in total. The normalized spacial score (nSPS) is 21.0. The van der Waals surface area contributed by atoms with Crippen molar-refractivity contribution in [2.45, 2.75) is 36.4 Å². The number of phenols is 2. The number of thioether (sulfide) groups is 1. The summed E-state index contributed by atoms with van der Waals surface area (Å²) in [7, 11) is 2.39. The number of esters is 1. The standard InChI is InChI=1S/C25H29N3O12S/c1-38-17(9-12-6-7-15(29)16(30)8-12)22(36)40-10-13-11-41-24-25(39-2,23(37)28(24)19(13)21(34)35)27-18(31)5-3-4-14(26)20(32)33/h6-9,14,24,29-30H,3-5,10-11,26H2,1-2H3,(H,27,31)(H,32,33)(H,34,35)/t14-,24-,25-/m1/s1. The molecule has 16 heteroatoms. The molecular weight excluding hydrogens is 566 g/mol. The van der Waals surface area contributed by atoms with E-state index in [1.165, 1.54) is 38.5 Å². The Morgan fingerprint density at radius 1 is 1.22 bits per heavy atom. The highest BCUT2D eigenvalue weighted by atomic mass is 32.2. The molecule has 7 N–H and O–H groups in total. The molecule has 0 aromatic heterocycles. The molecule has 0 unspecified atom stereocenters. The lowest BCUT2D eigenvalue weighted by molar-refractivity contribution is -0.192. The first-order chi connectivity index (χ1) is 19.4. The second-order valence-corrected chi connectivity index (χ2v) is 10.0. The number of rotatable bonds is 13. The molecule has 2 aliphatic rings. The molecule has 1 aromatic rings. The maximum absolute atomic E-state index is 13.2. The largest absolute Gasteiger partial charge is 0.504 e. The number of amides is 2. The molecule has 3 atom stereocenters. The third kappa shape index (κ3) is 6.55. The highest BCUT2D eigenvalue weighted by Crippen LogP contribution is 2.46. The van der Waals surface area contributed by atoms with Gasteiger partial charge in [0.05, 0.1) is 7.11 Å². The molecule has 0 saturated carbocycles. The minimum absolute atomic E-state index is 0.00959. The number of ether oxygens (including phenoxy) is 3. The molecule has 1 fully saturated rings. The van der Waals surface area contributed by atoms with Gasteiger partial charge in [-0.3, -0.25) is 19.3 Å². The van der Waals surface area contributed by atoms with Gasteiger partial charge < -0.3 is 45.7 Å². The summed E-state index contributed by atoms with van der Waals surface area (Å²) in [6.45, 7) is -0.498. The van der Waals surface area contributed by atoms with E-state index in [1.807, 2.05) is 0 Å². The zero-order chi connectivity index (χ0) is 30.5. The van der Waals surface area contributed by atoms with Gasteiger partial charge in [-0.1, -0.05) is 6.07 Å². The topological polar surface area (TPSA) is 235 Å². The second-order valence-electron chi connectivity index (χ2n) is 8.96. The number of nitrogens with two attached hydrogens (primary N) is 1. The summed E-state index contributed by atoms with van der Waals surface area (Å²) >= 11 is 1.08. The molecular formula is C25H29N3O12S. The number of carboxylic acids is 2. The predicted octanol–water partition coefficient (Wildman–Crippen LogP) is -0.0768. The fourth-order valence-corrected chi connectivity index (χ4v) is 5.56. The summed E-state index contributed by atoms with van der Waals surface area (Å²) in [4.78, 5) is 62.2. The van der Waals surface area contributed by atoms with Gasteiger partial charge in [0.1, 0.15) is 23.7 Å². The van der Waals surface area contributed by atoms with Crippen LogP contribution < -0.4 is 11.1 Å². The van der Waals surface area contributed by atoms with E-state index in [0.717, 1.165) is 16.7 Å². The van der Waals surface area contributed by atoms with E-state index in [9.17, 15) is 39.3 Å². The number of nitrogens with one attached hydrogen (secondary N) is 1. The van der Waals surface area contributed by atoms with Crippen molar-refractivity contribution in [1.82, 2.24) is 10.2 Å². The van der Waals surface area contributed by atoms with Crippen LogP contribution in [-0.4, -0.2) is 98.8 Å². The first-order valence-corrected chi connectivity index (χ1v) is 13.1. The molecule has 2 aliphatic heterocycles. The number of hydrogen-bond acceptors (Lipinski definition) is 12. The Balaban J connectivity index is 1.71. The first kappa shape index (κ1) is 31.3. The zero-order valence-corrected chi connectivity index (χ0v) is 22.8. The number of aromatic hydroxyl groups is 2. The van der Waals surface area contributed by atoms with Gasteiger partial charge in [-0.2, -0.15) is 0 Å². The molecule has 1 aromatic carbocycles. The summed E-state index contributed by atoms with van der Waals surface area (Å²) in [6, 6.07) is 2.67. The molecule has 0 aliphatic carbocycles. The summed E-state index contributed by atoms with van der Waals surface area (Å²) in [5.74, 6) is -6.13. The maximum atomic E-state index is 13.2. The van der Waals surface area contributed by atoms with Crippen LogP contribution in [0.3, 0.4) is 0 Å². The molecule has 0 spiro atoms. The van der Waals surface area contributed by atoms with E-state index in [2.05, 4.69) is 5.32 Å². The predicted molar refractivity (Wildman–Crippen MR) is 141 cm³/mol. The fraction of sp³-hybridized carbons (Fsp3) is 0.400. The average Bonchev–Trinajstić information content (AvgIpc) is 2.94. The fourth-order valence-electron chi connectivity index (χ4n) is 4.14. The number of fused-ring (bicyclic) bond motifs is 1. The van der Waals surface area contributed by atoms with Gasteiger partial charge in [0.2, 0.25) is 11.7 Å². The van der Waals surface area contributed by atoms with Crippen molar-refractivity contribution < 1.29 is 58.6 Å². The zero-order valence-electron chi connectivity index (χ0n) is 22.0. The van der Waals surface area contributed by atoms with Gasteiger partial charge >= 0.3 is 17.9 Å². The number of nitrogens with zero attached hydrogens (tertiary/aromatic N) is 1. The maximum Gasteiger partial charge on any atom is 0.373 e. The molecule has 2 amide bonds. The van der Waals surface area contributed by atoms with Crippen molar-refractivity contribution in [3.8, 4) is 11.5 Å². The SMILES string of the molecule is COC(=Cc1ccc(O)c(O)c1)C(=O)OCC1=C(C(=O)O)N2C(=O)[C@@](NC(=O)CCC[C@@H](N)C(=O)O)(OC)[C@H]2SC1. The quantitative estimate of drug-likeness (QED) is 0.0437. The molecule has 2 heterocycles. The van der Waals surface area contributed by atoms with Gasteiger partial charge in [-0.15, -0.1) is 11.8 Å². The Morgan fingerprint density at radius 2 is 1.93 bits per heavy atom. The van der Waals surface area contributed by atoms with E-state index in [1.54, 1.807) is 0 Å². The minimum atomic E-state index is -1.85. The number of phenolic OH excluding ortho intramolecular Hbond substituents is 2. The monoisotopic (exact) mass is 595 g/mol. The highest BCUT2D eigenvalue weighted by molar-refractivity contribution is 8.00. The van der Waals surface area contributed by atoms with Crippen LogP contribution in [0, 0.1) is 0 Å². The van der Waals surface area contributed by atoms with Gasteiger partial charge in [-0.05, 0) is 36.6 Å². The van der Waals surface area contributed by atoms with E-state index in [-0.39, 0.29) is 42.1 Å². The summed E-state index contributed by atoms with van der Waals surface area (Å²) < 4.78 is 15.6. The summed E-state index contributed by atoms with van der Waals surface area (Å²) in [6.07, 6.45) is 1.27. The van der Waals surface area contributed by atoms with Gasteiger partial charge in [-0.25, -0.2) is 9.59 Å². The minimum Gasteiger partial charge on any atom is -0.504 e. The van der Waals surface area contributed by atoms with Gasteiger partial charge in [0, 0.05) is 24.9 Å². The van der Waals surface area contributed by atoms with Crippen molar-refractivity contribution >= 4 is 47.6 Å². The summed E-state index contributed by atoms with van der Waals surface area (Å²) in [5.41, 5.74) is 3.58. The number of aliphatic carboxylic acids is 2. The van der Waals surface area contributed by atoms with Crippen molar-refractivity contribution in [1.29, 1.82) is 0 Å². The lowest BCUT2D eigenvalue weighted by Gasteiger charge is -2.55. The summed E-state index contributed by atoms with van der Waals surface area (Å²) in [5, 5.41) is 39.4. The smallest absolute Gasteiger partial charge is 0.373 e. The van der Waals surface area contributed by atoms with Crippen molar-refractivity contribution in [3.63, 3.8) is 0 Å². The van der Waals surface area contributed by atoms with Gasteiger partial charge in [0.15, 0.2) is 11.5 Å². The number of methoxy groups -OCH3 is 2. The average molecular weight is 596 g/mol. The Morgan fingerprint density at radius 3 is 2.51 bits per heavy atom. The Bertz CT molecular complexity index is 1310. The Hall–Kier alpha value is -4.28. The molecule has 222 valence electrons. The van der Waals surface area contributed by atoms with Crippen LogP contribution in [0.2, 0.25) is 0 Å². The third-order valence-corrected chi connectivity index (χ3v) is 7.67. The molecule has 0 bridgehead atoms. The lowest BCUT2D eigenvalue weighted by Crippen LogP contribution is -2.80. The highest BCUT2D eigenvalue weighted by Gasteiger charge is 2.66. The molecule has 1 saturated heterocycles. The Labute approximate surface area is 237 Å². The molecule has 0 radical (unpaired) electrons. The van der Waals surface area contributed by atoms with Crippen LogP contribution in [0.25, 0.3) is 6.08 Å². The Kier molecular flexibility index (Phi) is 9.85. The van der Waals surface area contributed by atoms with Crippen LogP contribution >= 0.6 is 11.8 Å². The number of hydrogen-bond donors (Lipinski definition) is 6. The number of carboxylic acid groups (broad SMARTS) is 2. The van der Waals surface area contributed by atoms with Crippen molar-refractivity contribution in [2.24, 2.45) is 5.73 Å². The van der Waals surface area contributed by atoms with Crippen molar-refractivity contribution in [3.05, 3.63) is 40.8 Å². The first-order valence-electron chi connectivity index (χ1n) is 12.1. The third-order valence-electron chi connectivity index (χ3n) is 6.29. The molecule has 41 heavy (non-hydrogen) atoms. The van der Waals surface area contributed by atoms with E-state index < -0.39 is 64.9 Å². The molecule has 3 rings (SSSR count). The number of benzene rings is 1. The lowest BCUT2D eigenvalue weighted by atomic mass is 9.97. The van der Waals surface area contributed by atoms with Crippen LogP contribution in [0.15, 0.2) is 35.2 Å². The number of carbonyl (C=O) groups excluding carboxylic acids is 3. The van der Waals surface area contributed by atoms with E-state index in [0.29, 0.717) is 5.56 Å².